The molecule has 0 spiro atoms. The smallest absolute Gasteiger partial charge is 0.305 e. The van der Waals surface area contributed by atoms with Gasteiger partial charge in [0.25, 0.3) is 0 Å². The lowest BCUT2D eigenvalue weighted by Crippen LogP contribution is -2.30. The van der Waals surface area contributed by atoms with Gasteiger partial charge in [-0.2, -0.15) is 0 Å². The van der Waals surface area contributed by atoms with E-state index in [1.807, 2.05) is 36.1 Å². The van der Waals surface area contributed by atoms with Gasteiger partial charge in [-0.05, 0) is 31.5 Å². The molecule has 0 bridgehead atoms. The van der Waals surface area contributed by atoms with Gasteiger partial charge in [0.2, 0.25) is 0 Å². The van der Waals surface area contributed by atoms with Crippen molar-refractivity contribution in [2.45, 2.75) is 20.3 Å². The van der Waals surface area contributed by atoms with Gasteiger partial charge in [0, 0.05) is 12.6 Å². The molecule has 118 valence electrons. The van der Waals surface area contributed by atoms with Crippen molar-refractivity contribution >= 4 is 11.8 Å². The summed E-state index contributed by atoms with van der Waals surface area (Å²) in [6.07, 6.45) is 0.0380. The summed E-state index contributed by atoms with van der Waals surface area (Å²) in [6, 6.07) is 9.59. The second-order valence-corrected chi connectivity index (χ2v) is 5.09. The van der Waals surface area contributed by atoms with E-state index in [4.69, 9.17) is 14.4 Å². The molecule has 1 heterocycles. The average molecular weight is 304 g/mol. The van der Waals surface area contributed by atoms with Crippen LogP contribution in [0.4, 0.5) is 5.82 Å². The molecule has 0 atom stereocenters. The van der Waals surface area contributed by atoms with E-state index < -0.39 is 5.97 Å². The fourth-order valence-electron chi connectivity index (χ4n) is 2.05. The molecule has 0 saturated carbocycles. The molecule has 0 unspecified atom stereocenters. The molecule has 0 aliphatic heterocycles. The zero-order valence-corrected chi connectivity index (χ0v) is 12.8. The highest BCUT2D eigenvalue weighted by molar-refractivity contribution is 5.67. The van der Waals surface area contributed by atoms with Crippen molar-refractivity contribution < 1.29 is 19.2 Å². The Balaban J connectivity index is 1.92. The predicted octanol–water partition coefficient (Wildman–Crippen LogP) is 2.65. The Hall–Kier alpha value is -2.50. The van der Waals surface area contributed by atoms with Crippen LogP contribution in [0.25, 0.3) is 0 Å². The summed E-state index contributed by atoms with van der Waals surface area (Å²) in [5.41, 5.74) is 1.13. The van der Waals surface area contributed by atoms with Crippen LogP contribution in [-0.2, 0) is 4.79 Å². The second-order valence-electron chi connectivity index (χ2n) is 5.09. The van der Waals surface area contributed by atoms with Gasteiger partial charge in [0.05, 0.1) is 13.0 Å². The van der Waals surface area contributed by atoms with Crippen molar-refractivity contribution in [3.8, 4) is 5.75 Å². The Morgan fingerprint density at radius 3 is 2.77 bits per heavy atom. The van der Waals surface area contributed by atoms with Crippen LogP contribution in [0, 0.1) is 13.8 Å². The van der Waals surface area contributed by atoms with Crippen LogP contribution < -0.4 is 9.64 Å². The fraction of sp³-hybridized carbons (Fsp3) is 0.375. The first-order valence-electron chi connectivity index (χ1n) is 7.14. The largest absolute Gasteiger partial charge is 0.492 e. The maximum atomic E-state index is 10.8. The summed E-state index contributed by atoms with van der Waals surface area (Å²) >= 11 is 0. The number of nitrogens with zero attached hydrogens (tertiary/aromatic N) is 2. The summed E-state index contributed by atoms with van der Waals surface area (Å²) in [6.45, 7) is 5.14. The fourth-order valence-corrected chi connectivity index (χ4v) is 2.05. The van der Waals surface area contributed by atoms with Crippen LogP contribution >= 0.6 is 0 Å². The van der Waals surface area contributed by atoms with Crippen molar-refractivity contribution in [1.29, 1.82) is 0 Å². The summed E-state index contributed by atoms with van der Waals surface area (Å²) in [4.78, 5) is 12.6. The molecule has 0 radical (unpaired) electrons. The number of anilines is 1. The molecule has 0 aliphatic rings. The second kappa shape index (κ2) is 7.49. The van der Waals surface area contributed by atoms with Crippen LogP contribution in [0.1, 0.15) is 17.7 Å². The molecule has 1 N–H and O–H groups in total. The number of benzene rings is 1. The third-order valence-electron chi connectivity index (χ3n) is 3.15. The summed E-state index contributed by atoms with van der Waals surface area (Å²) in [7, 11) is 0. The third kappa shape index (κ3) is 4.80. The minimum atomic E-state index is -0.843. The van der Waals surface area contributed by atoms with Gasteiger partial charge in [0.15, 0.2) is 5.82 Å². The highest BCUT2D eigenvalue weighted by Crippen LogP contribution is 2.15. The maximum absolute atomic E-state index is 10.8. The molecule has 2 aromatic rings. The number of hydrogen-bond donors (Lipinski definition) is 1. The summed E-state index contributed by atoms with van der Waals surface area (Å²) in [5.74, 6) is 1.28. The van der Waals surface area contributed by atoms with Crippen molar-refractivity contribution in [3.63, 3.8) is 0 Å². The monoisotopic (exact) mass is 304 g/mol. The van der Waals surface area contributed by atoms with Gasteiger partial charge < -0.3 is 19.3 Å². The number of hydrogen-bond acceptors (Lipinski definition) is 5. The molecule has 0 saturated heterocycles. The molecule has 0 aliphatic carbocycles. The topological polar surface area (TPSA) is 75.8 Å². The number of ether oxygens (including phenoxy) is 1. The molecule has 2 rings (SSSR count). The maximum Gasteiger partial charge on any atom is 0.305 e. The van der Waals surface area contributed by atoms with Crippen LogP contribution in [-0.4, -0.2) is 35.9 Å². The highest BCUT2D eigenvalue weighted by Gasteiger charge is 2.13. The molecule has 6 nitrogen and oxygen atoms in total. The van der Waals surface area contributed by atoms with E-state index in [1.54, 1.807) is 13.0 Å². The molecule has 0 amide bonds. The highest BCUT2D eigenvalue weighted by atomic mass is 16.5. The number of rotatable bonds is 8. The zero-order valence-electron chi connectivity index (χ0n) is 12.8. The van der Waals surface area contributed by atoms with E-state index in [0.717, 1.165) is 11.3 Å². The molecular weight excluding hydrogens is 284 g/mol. The Morgan fingerprint density at radius 1 is 1.32 bits per heavy atom. The van der Waals surface area contributed by atoms with E-state index in [9.17, 15) is 4.79 Å². The minimum absolute atomic E-state index is 0.0380. The Morgan fingerprint density at radius 2 is 2.14 bits per heavy atom. The first-order chi connectivity index (χ1) is 10.5. The number of carbonyl (C=O) groups is 1. The summed E-state index contributed by atoms with van der Waals surface area (Å²) in [5, 5.41) is 12.8. The Labute approximate surface area is 129 Å². The van der Waals surface area contributed by atoms with Gasteiger partial charge in [-0.1, -0.05) is 17.3 Å². The predicted molar refractivity (Wildman–Crippen MR) is 82.4 cm³/mol. The number of carboxylic acid groups (broad SMARTS) is 1. The van der Waals surface area contributed by atoms with Crippen LogP contribution in [0.3, 0.4) is 0 Å². The average Bonchev–Trinajstić information content (AvgIpc) is 2.89. The van der Waals surface area contributed by atoms with E-state index in [-0.39, 0.29) is 6.42 Å². The number of aliphatic carboxylic acids is 1. The lowest BCUT2D eigenvalue weighted by atomic mass is 10.2. The number of aromatic nitrogens is 1. The van der Waals surface area contributed by atoms with Crippen LogP contribution in [0.15, 0.2) is 34.9 Å². The lowest BCUT2D eigenvalue weighted by Gasteiger charge is -2.21. The molecule has 0 fully saturated rings. The van der Waals surface area contributed by atoms with Gasteiger partial charge in [-0.3, -0.25) is 4.79 Å². The van der Waals surface area contributed by atoms with Crippen LogP contribution in [0.5, 0.6) is 5.75 Å². The number of aryl methyl sites for hydroxylation is 2. The lowest BCUT2D eigenvalue weighted by molar-refractivity contribution is -0.136. The van der Waals surface area contributed by atoms with Crippen LogP contribution in [0.2, 0.25) is 0 Å². The molecule has 1 aromatic carbocycles. The SMILES string of the molecule is Cc1cccc(OCCN(CCC(=O)O)c2cc(C)on2)c1. The van der Waals surface area contributed by atoms with Crippen molar-refractivity contribution in [2.75, 3.05) is 24.6 Å². The zero-order chi connectivity index (χ0) is 15.9. The van der Waals surface area contributed by atoms with Gasteiger partial charge in [0.1, 0.15) is 18.1 Å². The van der Waals surface area contributed by atoms with Gasteiger partial charge in [-0.25, -0.2) is 0 Å². The first-order valence-corrected chi connectivity index (χ1v) is 7.14. The van der Waals surface area contributed by atoms with Gasteiger partial charge >= 0.3 is 5.97 Å². The molecule has 1 aromatic heterocycles. The number of carboxylic acids is 1. The molecular formula is C16H20N2O4. The third-order valence-corrected chi connectivity index (χ3v) is 3.15. The Bertz CT molecular complexity index is 624. The van der Waals surface area contributed by atoms with Gasteiger partial charge in [-0.15, -0.1) is 0 Å². The minimum Gasteiger partial charge on any atom is -0.492 e. The van der Waals surface area contributed by atoms with Crippen molar-refractivity contribution in [1.82, 2.24) is 5.16 Å². The van der Waals surface area contributed by atoms with Crippen molar-refractivity contribution in [3.05, 3.63) is 41.7 Å². The van der Waals surface area contributed by atoms with E-state index >= 15 is 0 Å². The summed E-state index contributed by atoms with van der Waals surface area (Å²) < 4.78 is 10.8. The molecule has 22 heavy (non-hydrogen) atoms. The van der Waals surface area contributed by atoms with E-state index in [0.29, 0.717) is 31.3 Å². The normalized spacial score (nSPS) is 10.5. The van der Waals surface area contributed by atoms with E-state index in [1.165, 1.54) is 0 Å². The van der Waals surface area contributed by atoms with Crippen molar-refractivity contribution in [2.24, 2.45) is 0 Å². The Kier molecular flexibility index (Phi) is 5.41. The van der Waals surface area contributed by atoms with E-state index in [2.05, 4.69) is 5.16 Å². The quantitative estimate of drug-likeness (QED) is 0.808. The molecule has 6 heteroatoms. The first kappa shape index (κ1) is 15.9. The standard InChI is InChI=1S/C16H20N2O4/c1-12-4-3-5-14(10-12)21-9-8-18(7-6-16(19)20)15-11-13(2)22-17-15/h3-5,10-11H,6-9H2,1-2H3,(H,19,20).